The molecule has 1 saturated heterocycles. The van der Waals surface area contributed by atoms with Crippen molar-refractivity contribution in [2.75, 3.05) is 32.7 Å². The number of amides is 2. The van der Waals surface area contributed by atoms with E-state index < -0.39 is 0 Å². The highest BCUT2D eigenvalue weighted by Gasteiger charge is 2.21. The Morgan fingerprint density at radius 2 is 1.76 bits per heavy atom. The summed E-state index contributed by atoms with van der Waals surface area (Å²) in [5.74, 6) is -0.272. The molecule has 2 N–H and O–H groups in total. The minimum absolute atomic E-state index is 0.0641. The minimum atomic E-state index is -0.208. The van der Waals surface area contributed by atoms with Crippen LogP contribution in [-0.4, -0.2) is 61.6 Å². The molecule has 6 nitrogen and oxygen atoms in total. The summed E-state index contributed by atoms with van der Waals surface area (Å²) in [5.41, 5.74) is 0.528. The zero-order chi connectivity index (χ0) is 18.2. The molecule has 25 heavy (non-hydrogen) atoms. The molecule has 1 fully saturated rings. The molecule has 1 heterocycles. The number of nitrogens with zero attached hydrogens (tertiary/aromatic N) is 1. The Kier molecular flexibility index (Phi) is 7.68. The Balaban J connectivity index is 1.59. The Bertz CT molecular complexity index is 569. The molecule has 2 atom stereocenters. The summed E-state index contributed by atoms with van der Waals surface area (Å²) >= 11 is 5.79. The van der Waals surface area contributed by atoms with Crippen molar-refractivity contribution in [3.8, 4) is 0 Å². The Labute approximate surface area is 153 Å². The smallest absolute Gasteiger partial charge is 0.251 e. The van der Waals surface area contributed by atoms with Crippen LogP contribution >= 0.6 is 11.6 Å². The van der Waals surface area contributed by atoms with E-state index in [0.717, 1.165) is 19.6 Å². The van der Waals surface area contributed by atoms with Gasteiger partial charge in [0.05, 0.1) is 12.2 Å². The van der Waals surface area contributed by atoms with E-state index in [0.29, 0.717) is 23.7 Å². The summed E-state index contributed by atoms with van der Waals surface area (Å²) in [4.78, 5) is 26.1. The number of benzene rings is 1. The standard InChI is InChI=1S/C18H26ClN3O3/c1-13-11-22(12-14(2)25-13)10-9-20-17(23)7-8-21-18(24)15-3-5-16(19)6-4-15/h3-6,13-14H,7-12H2,1-2H3,(H,20,23)(H,21,24). The molecular formula is C18H26ClN3O3. The molecule has 0 radical (unpaired) electrons. The number of nitrogens with one attached hydrogen (secondary N) is 2. The molecular weight excluding hydrogens is 342 g/mol. The van der Waals surface area contributed by atoms with E-state index in [1.165, 1.54) is 0 Å². The molecule has 2 rings (SSSR count). The molecule has 138 valence electrons. The molecule has 0 aliphatic carbocycles. The average Bonchev–Trinajstić information content (AvgIpc) is 2.54. The number of hydrogen-bond acceptors (Lipinski definition) is 4. The van der Waals surface area contributed by atoms with Crippen LogP contribution in [0.15, 0.2) is 24.3 Å². The van der Waals surface area contributed by atoms with Crippen LogP contribution in [0.4, 0.5) is 0 Å². The second-order valence-corrected chi connectivity index (χ2v) is 6.82. The summed E-state index contributed by atoms with van der Waals surface area (Å²) in [6.07, 6.45) is 0.708. The second kappa shape index (κ2) is 9.75. The molecule has 1 aliphatic rings. The van der Waals surface area contributed by atoms with Gasteiger partial charge >= 0.3 is 0 Å². The Morgan fingerprint density at radius 1 is 1.12 bits per heavy atom. The fraction of sp³-hybridized carbons (Fsp3) is 0.556. The van der Waals surface area contributed by atoms with Gasteiger partial charge in [0.1, 0.15) is 0 Å². The van der Waals surface area contributed by atoms with Gasteiger partial charge in [0.15, 0.2) is 0 Å². The molecule has 1 aromatic rings. The average molecular weight is 368 g/mol. The first-order valence-corrected chi connectivity index (χ1v) is 9.00. The van der Waals surface area contributed by atoms with E-state index in [1.807, 2.05) is 0 Å². The van der Waals surface area contributed by atoms with Crippen molar-refractivity contribution < 1.29 is 14.3 Å². The largest absolute Gasteiger partial charge is 0.373 e. The van der Waals surface area contributed by atoms with Crippen LogP contribution in [0, 0.1) is 0 Å². The third kappa shape index (κ3) is 7.02. The van der Waals surface area contributed by atoms with Gasteiger partial charge in [-0.3, -0.25) is 14.5 Å². The maximum absolute atomic E-state index is 11.9. The molecule has 2 amide bonds. The quantitative estimate of drug-likeness (QED) is 0.769. The zero-order valence-electron chi connectivity index (χ0n) is 14.8. The summed E-state index contributed by atoms with van der Waals surface area (Å²) in [7, 11) is 0. The molecule has 0 spiro atoms. The van der Waals surface area contributed by atoms with Crippen LogP contribution in [0.25, 0.3) is 0 Å². The van der Waals surface area contributed by atoms with Gasteiger partial charge in [-0.1, -0.05) is 11.6 Å². The van der Waals surface area contributed by atoms with Crippen molar-refractivity contribution in [3.63, 3.8) is 0 Å². The normalized spacial score (nSPS) is 20.9. The van der Waals surface area contributed by atoms with Crippen LogP contribution < -0.4 is 10.6 Å². The van der Waals surface area contributed by atoms with E-state index in [9.17, 15) is 9.59 Å². The molecule has 0 aromatic heterocycles. The van der Waals surface area contributed by atoms with E-state index in [1.54, 1.807) is 24.3 Å². The Hall–Kier alpha value is -1.63. The van der Waals surface area contributed by atoms with Gasteiger partial charge in [-0.15, -0.1) is 0 Å². The lowest BCUT2D eigenvalue weighted by molar-refractivity contribution is -0.121. The monoisotopic (exact) mass is 367 g/mol. The summed E-state index contributed by atoms with van der Waals surface area (Å²) in [6, 6.07) is 6.64. The van der Waals surface area contributed by atoms with Crippen molar-refractivity contribution in [2.24, 2.45) is 0 Å². The lowest BCUT2D eigenvalue weighted by Crippen LogP contribution is -2.48. The third-order valence-electron chi connectivity index (χ3n) is 3.99. The number of ether oxygens (including phenoxy) is 1. The van der Waals surface area contributed by atoms with Gasteiger partial charge in [0.2, 0.25) is 5.91 Å². The van der Waals surface area contributed by atoms with Crippen LogP contribution in [-0.2, 0) is 9.53 Å². The van der Waals surface area contributed by atoms with E-state index in [4.69, 9.17) is 16.3 Å². The zero-order valence-corrected chi connectivity index (χ0v) is 15.5. The molecule has 1 aliphatic heterocycles. The summed E-state index contributed by atoms with van der Waals surface area (Å²) in [5, 5.41) is 6.20. The van der Waals surface area contributed by atoms with Crippen LogP contribution in [0.5, 0.6) is 0 Å². The SMILES string of the molecule is CC1CN(CCNC(=O)CCNC(=O)c2ccc(Cl)cc2)CC(C)O1. The van der Waals surface area contributed by atoms with Crippen LogP contribution in [0.2, 0.25) is 5.02 Å². The van der Waals surface area contributed by atoms with Gasteiger partial charge in [0, 0.05) is 49.7 Å². The lowest BCUT2D eigenvalue weighted by Gasteiger charge is -2.35. The maximum atomic E-state index is 11.9. The molecule has 1 aromatic carbocycles. The van der Waals surface area contributed by atoms with E-state index in [2.05, 4.69) is 29.4 Å². The third-order valence-corrected chi connectivity index (χ3v) is 4.24. The van der Waals surface area contributed by atoms with Crippen molar-refractivity contribution in [3.05, 3.63) is 34.9 Å². The highest BCUT2D eigenvalue weighted by atomic mass is 35.5. The van der Waals surface area contributed by atoms with Crippen LogP contribution in [0.1, 0.15) is 30.6 Å². The summed E-state index contributed by atoms with van der Waals surface area (Å²) in [6.45, 7) is 7.60. The number of halogens is 1. The van der Waals surface area contributed by atoms with Crippen LogP contribution in [0.3, 0.4) is 0 Å². The van der Waals surface area contributed by atoms with E-state index >= 15 is 0 Å². The topological polar surface area (TPSA) is 70.7 Å². The maximum Gasteiger partial charge on any atom is 0.251 e. The minimum Gasteiger partial charge on any atom is -0.373 e. The Morgan fingerprint density at radius 3 is 2.40 bits per heavy atom. The van der Waals surface area contributed by atoms with Crippen molar-refractivity contribution in [2.45, 2.75) is 32.5 Å². The molecule has 7 heteroatoms. The first kappa shape index (κ1) is 19.7. The molecule has 0 saturated carbocycles. The van der Waals surface area contributed by atoms with Gasteiger partial charge in [0.25, 0.3) is 5.91 Å². The van der Waals surface area contributed by atoms with Gasteiger partial charge in [-0.05, 0) is 38.1 Å². The van der Waals surface area contributed by atoms with Crippen molar-refractivity contribution in [1.82, 2.24) is 15.5 Å². The number of morpholine rings is 1. The second-order valence-electron chi connectivity index (χ2n) is 6.38. The number of carbonyl (C=O) groups is 2. The van der Waals surface area contributed by atoms with Gasteiger partial charge < -0.3 is 15.4 Å². The number of hydrogen-bond donors (Lipinski definition) is 2. The number of carbonyl (C=O) groups excluding carboxylic acids is 2. The first-order valence-electron chi connectivity index (χ1n) is 8.62. The predicted molar refractivity (Wildman–Crippen MR) is 97.9 cm³/mol. The lowest BCUT2D eigenvalue weighted by atomic mass is 10.2. The molecule has 0 bridgehead atoms. The van der Waals surface area contributed by atoms with E-state index in [-0.39, 0.29) is 30.4 Å². The van der Waals surface area contributed by atoms with Gasteiger partial charge in [-0.2, -0.15) is 0 Å². The molecule has 2 unspecified atom stereocenters. The highest BCUT2D eigenvalue weighted by molar-refractivity contribution is 6.30. The summed E-state index contributed by atoms with van der Waals surface area (Å²) < 4.78 is 5.69. The fourth-order valence-corrected chi connectivity index (χ4v) is 3.03. The first-order chi connectivity index (χ1) is 11.9. The van der Waals surface area contributed by atoms with Gasteiger partial charge in [-0.25, -0.2) is 0 Å². The van der Waals surface area contributed by atoms with Crippen molar-refractivity contribution >= 4 is 23.4 Å². The number of rotatable bonds is 7. The fourth-order valence-electron chi connectivity index (χ4n) is 2.90. The van der Waals surface area contributed by atoms with Crippen molar-refractivity contribution in [1.29, 1.82) is 0 Å². The predicted octanol–water partition coefficient (Wildman–Crippen LogP) is 1.69. The highest BCUT2D eigenvalue weighted by Crippen LogP contribution is 2.10.